The number of rotatable bonds is 4. The van der Waals surface area contributed by atoms with Crippen LogP contribution in [0.5, 0.6) is 5.75 Å². The number of hydrogen-bond acceptors (Lipinski definition) is 3. The molecule has 3 aromatic rings. The summed E-state index contributed by atoms with van der Waals surface area (Å²) in [4.78, 5) is 4.55. The van der Waals surface area contributed by atoms with Crippen molar-refractivity contribution in [1.82, 2.24) is 9.55 Å². The van der Waals surface area contributed by atoms with E-state index in [-0.39, 0.29) is 5.82 Å². The van der Waals surface area contributed by atoms with E-state index in [1.807, 2.05) is 35.9 Å². The number of aromatic nitrogens is 2. The van der Waals surface area contributed by atoms with Crippen LogP contribution in [-0.4, -0.2) is 16.7 Å². The first-order valence-corrected chi connectivity index (χ1v) is 6.67. The summed E-state index contributed by atoms with van der Waals surface area (Å²) in [5.74, 6) is 1.15. The highest BCUT2D eigenvalue weighted by atomic mass is 19.1. The van der Waals surface area contributed by atoms with Crippen molar-refractivity contribution in [2.75, 3.05) is 12.4 Å². The molecule has 0 saturated heterocycles. The zero-order valence-corrected chi connectivity index (χ0v) is 11.9. The Balaban J connectivity index is 1.85. The number of halogens is 1. The normalized spacial score (nSPS) is 10.8. The lowest BCUT2D eigenvalue weighted by Gasteiger charge is -2.09. The standard InChI is InChI=1S/C16H16FN3O/c1-20-15-6-4-3-5-13(15)19-16(20)10-18-14-9-11(21-2)7-8-12(14)17/h3-9,18H,10H2,1-2H3. The van der Waals surface area contributed by atoms with Gasteiger partial charge in [-0.2, -0.15) is 0 Å². The van der Waals surface area contributed by atoms with Crippen LogP contribution in [-0.2, 0) is 13.6 Å². The minimum absolute atomic E-state index is 0.311. The Kier molecular flexibility index (Phi) is 3.48. The van der Waals surface area contributed by atoms with Crippen LogP contribution < -0.4 is 10.1 Å². The molecule has 1 N–H and O–H groups in total. The summed E-state index contributed by atoms with van der Waals surface area (Å²) in [5.41, 5.74) is 2.39. The number of hydrogen-bond donors (Lipinski definition) is 1. The van der Waals surface area contributed by atoms with Crippen LogP contribution in [0, 0.1) is 5.82 Å². The summed E-state index contributed by atoms with van der Waals surface area (Å²) in [5, 5.41) is 3.07. The van der Waals surface area contributed by atoms with Gasteiger partial charge in [-0.25, -0.2) is 9.37 Å². The predicted molar refractivity (Wildman–Crippen MR) is 81.0 cm³/mol. The number of aryl methyl sites for hydroxylation is 1. The average Bonchev–Trinajstić information content (AvgIpc) is 2.83. The number of benzene rings is 2. The van der Waals surface area contributed by atoms with E-state index in [1.165, 1.54) is 6.07 Å². The van der Waals surface area contributed by atoms with Crippen molar-refractivity contribution < 1.29 is 9.13 Å². The molecule has 0 aliphatic carbocycles. The van der Waals surface area contributed by atoms with Gasteiger partial charge in [0.25, 0.3) is 0 Å². The Bertz CT molecular complexity index is 782. The van der Waals surface area contributed by atoms with E-state index in [9.17, 15) is 4.39 Å². The maximum absolute atomic E-state index is 13.8. The van der Waals surface area contributed by atoms with Crippen LogP contribution in [0.3, 0.4) is 0 Å². The molecule has 0 bridgehead atoms. The van der Waals surface area contributed by atoms with Crippen LogP contribution in [0.4, 0.5) is 10.1 Å². The molecular weight excluding hydrogens is 269 g/mol. The maximum Gasteiger partial charge on any atom is 0.146 e. The number of ether oxygens (including phenoxy) is 1. The van der Waals surface area contributed by atoms with Crippen molar-refractivity contribution in [3.05, 3.63) is 54.1 Å². The molecular formula is C16H16FN3O. The van der Waals surface area contributed by atoms with Gasteiger partial charge in [0.05, 0.1) is 30.4 Å². The zero-order chi connectivity index (χ0) is 14.8. The summed E-state index contributed by atoms with van der Waals surface area (Å²) >= 11 is 0. The summed E-state index contributed by atoms with van der Waals surface area (Å²) in [6.07, 6.45) is 0. The fraction of sp³-hybridized carbons (Fsp3) is 0.188. The van der Waals surface area contributed by atoms with E-state index in [4.69, 9.17) is 4.74 Å². The molecule has 0 unspecified atom stereocenters. The monoisotopic (exact) mass is 285 g/mol. The van der Waals surface area contributed by atoms with E-state index < -0.39 is 0 Å². The van der Waals surface area contributed by atoms with Gasteiger partial charge in [0.2, 0.25) is 0 Å². The number of imidazole rings is 1. The van der Waals surface area contributed by atoms with Crippen LogP contribution in [0.15, 0.2) is 42.5 Å². The predicted octanol–water partition coefficient (Wildman–Crippen LogP) is 3.33. The van der Waals surface area contributed by atoms with Gasteiger partial charge < -0.3 is 14.6 Å². The molecule has 2 aromatic carbocycles. The number of fused-ring (bicyclic) bond motifs is 1. The van der Waals surface area contributed by atoms with Gasteiger partial charge in [0.1, 0.15) is 17.4 Å². The van der Waals surface area contributed by atoms with E-state index >= 15 is 0 Å². The van der Waals surface area contributed by atoms with Gasteiger partial charge in [-0.05, 0) is 24.3 Å². The Morgan fingerprint density at radius 2 is 2.05 bits per heavy atom. The molecule has 21 heavy (non-hydrogen) atoms. The molecule has 0 saturated carbocycles. The summed E-state index contributed by atoms with van der Waals surface area (Å²) < 4.78 is 20.9. The van der Waals surface area contributed by atoms with Crippen molar-refractivity contribution >= 4 is 16.7 Å². The van der Waals surface area contributed by atoms with E-state index in [0.29, 0.717) is 18.0 Å². The first kappa shape index (κ1) is 13.4. The molecule has 0 amide bonds. The Hall–Kier alpha value is -2.56. The number of anilines is 1. The van der Waals surface area contributed by atoms with E-state index in [2.05, 4.69) is 10.3 Å². The van der Waals surface area contributed by atoms with Crippen LogP contribution >= 0.6 is 0 Å². The van der Waals surface area contributed by atoms with Crippen molar-refractivity contribution in [1.29, 1.82) is 0 Å². The fourth-order valence-electron chi connectivity index (χ4n) is 2.29. The van der Waals surface area contributed by atoms with Crippen molar-refractivity contribution in [3.8, 4) is 5.75 Å². The van der Waals surface area contributed by atoms with Gasteiger partial charge in [0.15, 0.2) is 0 Å². The highest BCUT2D eigenvalue weighted by Gasteiger charge is 2.09. The van der Waals surface area contributed by atoms with Crippen LogP contribution in [0.1, 0.15) is 5.82 Å². The highest BCUT2D eigenvalue weighted by molar-refractivity contribution is 5.75. The topological polar surface area (TPSA) is 39.1 Å². The van der Waals surface area contributed by atoms with Crippen molar-refractivity contribution in [3.63, 3.8) is 0 Å². The molecule has 0 spiro atoms. The fourth-order valence-corrected chi connectivity index (χ4v) is 2.29. The van der Waals surface area contributed by atoms with Gasteiger partial charge in [-0.1, -0.05) is 12.1 Å². The second kappa shape index (κ2) is 5.44. The zero-order valence-electron chi connectivity index (χ0n) is 11.9. The average molecular weight is 285 g/mol. The molecule has 1 heterocycles. The minimum Gasteiger partial charge on any atom is -0.497 e. The maximum atomic E-state index is 13.8. The van der Waals surface area contributed by atoms with E-state index in [1.54, 1.807) is 19.2 Å². The first-order valence-electron chi connectivity index (χ1n) is 6.67. The molecule has 0 atom stereocenters. The lowest BCUT2D eigenvalue weighted by molar-refractivity contribution is 0.414. The van der Waals surface area contributed by atoms with E-state index in [0.717, 1.165) is 16.9 Å². The lowest BCUT2D eigenvalue weighted by atomic mass is 10.3. The van der Waals surface area contributed by atoms with Crippen molar-refractivity contribution in [2.45, 2.75) is 6.54 Å². The Morgan fingerprint density at radius 1 is 1.24 bits per heavy atom. The lowest BCUT2D eigenvalue weighted by Crippen LogP contribution is -2.07. The molecule has 108 valence electrons. The molecule has 3 rings (SSSR count). The second-order valence-corrected chi connectivity index (χ2v) is 4.78. The molecule has 0 radical (unpaired) electrons. The Morgan fingerprint density at radius 3 is 2.81 bits per heavy atom. The second-order valence-electron chi connectivity index (χ2n) is 4.78. The third-order valence-corrected chi connectivity index (χ3v) is 3.49. The highest BCUT2D eigenvalue weighted by Crippen LogP contribution is 2.22. The first-order chi connectivity index (χ1) is 10.2. The largest absolute Gasteiger partial charge is 0.497 e. The van der Waals surface area contributed by atoms with Gasteiger partial charge in [-0.3, -0.25) is 0 Å². The van der Waals surface area contributed by atoms with Gasteiger partial charge in [-0.15, -0.1) is 0 Å². The molecule has 4 nitrogen and oxygen atoms in total. The summed E-state index contributed by atoms with van der Waals surface area (Å²) in [7, 11) is 3.51. The summed E-state index contributed by atoms with van der Waals surface area (Å²) in [6, 6.07) is 12.5. The third kappa shape index (κ3) is 2.54. The van der Waals surface area contributed by atoms with Gasteiger partial charge in [0, 0.05) is 13.1 Å². The SMILES string of the molecule is COc1ccc(F)c(NCc2nc3ccccc3n2C)c1. The van der Waals surface area contributed by atoms with Crippen LogP contribution in [0.2, 0.25) is 0 Å². The molecule has 1 aromatic heterocycles. The van der Waals surface area contributed by atoms with Crippen LogP contribution in [0.25, 0.3) is 11.0 Å². The van der Waals surface area contributed by atoms with Crippen molar-refractivity contribution in [2.24, 2.45) is 7.05 Å². The number of nitrogens with zero attached hydrogens (tertiary/aromatic N) is 2. The number of para-hydroxylation sites is 2. The molecule has 0 aliphatic heterocycles. The summed E-state index contributed by atoms with van der Waals surface area (Å²) in [6.45, 7) is 0.440. The molecule has 5 heteroatoms. The molecule has 0 fully saturated rings. The smallest absolute Gasteiger partial charge is 0.146 e. The quantitative estimate of drug-likeness (QED) is 0.799. The van der Waals surface area contributed by atoms with Gasteiger partial charge >= 0.3 is 0 Å². The minimum atomic E-state index is -0.311. The number of methoxy groups -OCH3 is 1. The Labute approximate surface area is 122 Å². The third-order valence-electron chi connectivity index (χ3n) is 3.49. The number of nitrogens with one attached hydrogen (secondary N) is 1. The molecule has 0 aliphatic rings.